The van der Waals surface area contributed by atoms with Crippen molar-refractivity contribution >= 4 is 17.4 Å². The molecule has 142 valence electrons. The number of hydrogen-bond acceptors (Lipinski definition) is 6. The van der Waals surface area contributed by atoms with Crippen molar-refractivity contribution in [2.75, 3.05) is 37.0 Å². The minimum absolute atomic E-state index is 0.110. The molecule has 1 unspecified atom stereocenters. The quantitative estimate of drug-likeness (QED) is 0.742. The minimum atomic E-state index is -0.490. The normalized spacial score (nSPS) is 20.3. The lowest BCUT2D eigenvalue weighted by atomic mass is 10.0. The van der Waals surface area contributed by atoms with Crippen LogP contribution in [0.3, 0.4) is 0 Å². The third-order valence-electron chi connectivity index (χ3n) is 5.05. The van der Waals surface area contributed by atoms with Crippen molar-refractivity contribution in [1.29, 1.82) is 0 Å². The monoisotopic (exact) mass is 371 g/mol. The Balaban J connectivity index is 1.45. The van der Waals surface area contributed by atoms with Gasteiger partial charge in [0.05, 0.1) is 12.8 Å². The van der Waals surface area contributed by atoms with E-state index in [9.17, 15) is 9.18 Å². The van der Waals surface area contributed by atoms with Crippen molar-refractivity contribution in [3.63, 3.8) is 0 Å². The number of nitrogens with one attached hydrogen (secondary N) is 3. The summed E-state index contributed by atoms with van der Waals surface area (Å²) in [4.78, 5) is 18.9. The number of nitrogens with zero attached hydrogens (tertiary/aromatic N) is 2. The molecule has 0 spiro atoms. The fourth-order valence-corrected chi connectivity index (χ4v) is 3.47. The first-order valence-electron chi connectivity index (χ1n) is 8.99. The smallest absolute Gasteiger partial charge is 0.250 e. The molecule has 1 amide bonds. The summed E-state index contributed by atoms with van der Waals surface area (Å²) in [5.41, 5.74) is 7.60. The Labute approximate surface area is 156 Å². The number of anilines is 2. The molecule has 0 radical (unpaired) electrons. The number of carbonyl (C=O) groups excluding carboxylic acids is 1. The fourth-order valence-electron chi connectivity index (χ4n) is 3.47. The second-order valence-corrected chi connectivity index (χ2v) is 6.73. The van der Waals surface area contributed by atoms with Gasteiger partial charge >= 0.3 is 0 Å². The SMILES string of the molecule is COc1ccc(F)c(NC2CCN(c3ccc(C4CNNC4)cn3)C2=O)c1. The highest BCUT2D eigenvalue weighted by Crippen LogP contribution is 2.27. The molecule has 2 aliphatic heterocycles. The van der Waals surface area contributed by atoms with Gasteiger partial charge in [-0.3, -0.25) is 20.5 Å². The van der Waals surface area contributed by atoms with Crippen LogP contribution < -0.4 is 25.8 Å². The van der Waals surface area contributed by atoms with Crippen LogP contribution in [0.4, 0.5) is 15.9 Å². The third-order valence-corrected chi connectivity index (χ3v) is 5.05. The Hall–Kier alpha value is -2.71. The molecule has 1 aromatic carbocycles. The van der Waals surface area contributed by atoms with Crippen LogP contribution in [0.2, 0.25) is 0 Å². The molecule has 3 N–H and O–H groups in total. The Kier molecular flexibility index (Phi) is 4.91. The first-order chi connectivity index (χ1) is 13.2. The van der Waals surface area contributed by atoms with E-state index in [1.54, 1.807) is 17.0 Å². The molecular weight excluding hydrogens is 349 g/mol. The average molecular weight is 371 g/mol. The first-order valence-corrected chi connectivity index (χ1v) is 8.99. The number of halogens is 1. The van der Waals surface area contributed by atoms with Gasteiger partial charge in [-0.25, -0.2) is 9.37 Å². The highest BCUT2D eigenvalue weighted by atomic mass is 19.1. The maximum absolute atomic E-state index is 14.0. The Morgan fingerprint density at radius 1 is 1.26 bits per heavy atom. The van der Waals surface area contributed by atoms with Crippen molar-refractivity contribution in [1.82, 2.24) is 15.8 Å². The molecule has 0 aliphatic carbocycles. The Morgan fingerprint density at radius 2 is 2.07 bits per heavy atom. The molecule has 2 saturated heterocycles. The van der Waals surface area contributed by atoms with Gasteiger partial charge in [0.2, 0.25) is 0 Å². The Bertz CT molecular complexity index is 823. The van der Waals surface area contributed by atoms with E-state index in [0.717, 1.165) is 18.7 Å². The molecule has 1 atom stereocenters. The van der Waals surface area contributed by atoms with Gasteiger partial charge in [0.25, 0.3) is 5.91 Å². The number of ether oxygens (including phenoxy) is 1. The molecule has 3 heterocycles. The van der Waals surface area contributed by atoms with Crippen LogP contribution in [0.5, 0.6) is 5.75 Å². The lowest BCUT2D eigenvalue weighted by Gasteiger charge is -2.18. The maximum Gasteiger partial charge on any atom is 0.250 e. The summed E-state index contributed by atoms with van der Waals surface area (Å²) < 4.78 is 19.2. The second kappa shape index (κ2) is 7.50. The largest absolute Gasteiger partial charge is 0.497 e. The van der Waals surface area contributed by atoms with Crippen LogP contribution >= 0.6 is 0 Å². The van der Waals surface area contributed by atoms with E-state index in [2.05, 4.69) is 21.2 Å². The van der Waals surface area contributed by atoms with Gasteiger partial charge < -0.3 is 10.1 Å². The van der Waals surface area contributed by atoms with Crippen molar-refractivity contribution in [3.05, 3.63) is 47.9 Å². The number of methoxy groups -OCH3 is 1. The number of hydrogen-bond donors (Lipinski definition) is 3. The Morgan fingerprint density at radius 3 is 2.78 bits per heavy atom. The van der Waals surface area contributed by atoms with Crippen molar-refractivity contribution in [2.45, 2.75) is 18.4 Å². The molecule has 0 bridgehead atoms. The number of carbonyl (C=O) groups is 1. The number of pyridine rings is 1. The minimum Gasteiger partial charge on any atom is -0.497 e. The predicted octanol–water partition coefficient (Wildman–Crippen LogP) is 1.64. The number of hydrazine groups is 1. The summed E-state index contributed by atoms with van der Waals surface area (Å²) in [6, 6.07) is 7.82. The lowest BCUT2D eigenvalue weighted by molar-refractivity contribution is -0.117. The number of aromatic nitrogens is 1. The summed E-state index contributed by atoms with van der Waals surface area (Å²) in [5, 5.41) is 3.00. The topological polar surface area (TPSA) is 78.5 Å². The molecule has 7 nitrogen and oxygen atoms in total. The predicted molar refractivity (Wildman–Crippen MR) is 100 cm³/mol. The van der Waals surface area contributed by atoms with Crippen LogP contribution in [-0.2, 0) is 4.79 Å². The van der Waals surface area contributed by atoms with Crippen LogP contribution in [0.25, 0.3) is 0 Å². The van der Waals surface area contributed by atoms with E-state index in [4.69, 9.17) is 4.74 Å². The third kappa shape index (κ3) is 3.58. The average Bonchev–Trinajstić information content (AvgIpc) is 3.35. The number of benzene rings is 1. The number of rotatable bonds is 5. The van der Waals surface area contributed by atoms with Crippen LogP contribution in [0.1, 0.15) is 17.9 Å². The highest BCUT2D eigenvalue weighted by molar-refractivity contribution is 6.00. The summed E-state index contributed by atoms with van der Waals surface area (Å²) in [7, 11) is 1.52. The molecular formula is C19H22FN5O2. The fraction of sp³-hybridized carbons (Fsp3) is 0.368. The highest BCUT2D eigenvalue weighted by Gasteiger charge is 2.33. The zero-order chi connectivity index (χ0) is 18.8. The standard InChI is InChI=1S/C19H22FN5O2/c1-27-14-3-4-15(20)17(8-14)24-16-6-7-25(19(16)26)18-5-2-12(9-21-18)13-10-22-23-11-13/h2-5,8-9,13,16,22-24H,6-7,10-11H2,1H3. The molecule has 2 aromatic rings. The van der Waals surface area contributed by atoms with Gasteiger partial charge in [-0.15, -0.1) is 0 Å². The van der Waals surface area contributed by atoms with Crippen LogP contribution in [-0.4, -0.2) is 43.7 Å². The van der Waals surface area contributed by atoms with Crippen LogP contribution in [0, 0.1) is 5.82 Å². The van der Waals surface area contributed by atoms with Crippen molar-refractivity contribution in [2.24, 2.45) is 0 Å². The van der Waals surface area contributed by atoms with E-state index in [1.165, 1.54) is 13.2 Å². The maximum atomic E-state index is 14.0. The molecule has 8 heteroatoms. The van der Waals surface area contributed by atoms with E-state index in [0.29, 0.717) is 30.5 Å². The van der Waals surface area contributed by atoms with Gasteiger partial charge in [-0.1, -0.05) is 6.07 Å². The zero-order valence-electron chi connectivity index (χ0n) is 15.0. The van der Waals surface area contributed by atoms with Crippen molar-refractivity contribution < 1.29 is 13.9 Å². The molecule has 4 rings (SSSR count). The number of amides is 1. The summed E-state index contributed by atoms with van der Waals surface area (Å²) in [5.74, 6) is 1.02. The summed E-state index contributed by atoms with van der Waals surface area (Å²) >= 11 is 0. The van der Waals surface area contributed by atoms with E-state index >= 15 is 0 Å². The van der Waals surface area contributed by atoms with Gasteiger partial charge in [0, 0.05) is 37.8 Å². The summed E-state index contributed by atoms with van der Waals surface area (Å²) in [6.45, 7) is 2.27. The molecule has 2 aliphatic rings. The van der Waals surface area contributed by atoms with Crippen LogP contribution in [0.15, 0.2) is 36.5 Å². The van der Waals surface area contributed by atoms with Gasteiger partial charge in [-0.2, -0.15) is 0 Å². The molecule has 1 aromatic heterocycles. The molecule has 0 saturated carbocycles. The molecule has 27 heavy (non-hydrogen) atoms. The second-order valence-electron chi connectivity index (χ2n) is 6.73. The van der Waals surface area contributed by atoms with Gasteiger partial charge in [-0.05, 0) is 30.2 Å². The lowest BCUT2D eigenvalue weighted by Crippen LogP contribution is -2.34. The summed E-state index contributed by atoms with van der Waals surface area (Å²) in [6.07, 6.45) is 2.40. The van der Waals surface area contributed by atoms with E-state index < -0.39 is 11.9 Å². The van der Waals surface area contributed by atoms with Crippen molar-refractivity contribution in [3.8, 4) is 5.75 Å². The zero-order valence-corrected chi connectivity index (χ0v) is 15.0. The van der Waals surface area contributed by atoms with Gasteiger partial charge in [0.1, 0.15) is 23.4 Å². The van der Waals surface area contributed by atoms with Gasteiger partial charge in [0.15, 0.2) is 0 Å². The van der Waals surface area contributed by atoms with E-state index in [1.807, 2.05) is 18.3 Å². The van der Waals surface area contributed by atoms with E-state index in [-0.39, 0.29) is 11.6 Å². The molecule has 2 fully saturated rings. The first kappa shape index (κ1) is 17.7.